The second-order valence-corrected chi connectivity index (χ2v) is 7.74. The molecular weight excluding hydrogens is 342 g/mol. The molecule has 0 atom stereocenters. The number of rotatable bonds is 5. The molecule has 0 aliphatic carbocycles. The number of morpholine rings is 1. The number of hydrogen-bond donors (Lipinski definition) is 1. The van der Waals surface area contributed by atoms with Crippen LogP contribution in [-0.4, -0.2) is 55.9 Å². The van der Waals surface area contributed by atoms with Gasteiger partial charge < -0.3 is 9.64 Å². The van der Waals surface area contributed by atoms with Crippen molar-refractivity contribution >= 4 is 21.5 Å². The van der Waals surface area contributed by atoms with Crippen molar-refractivity contribution in [1.82, 2.24) is 15.0 Å². The SMILES string of the molecule is Cc1ncnc(N2CCOCC2)c1Cc1cncc(NS(C)(=O)=O)c1. The van der Waals surface area contributed by atoms with E-state index in [1.54, 1.807) is 18.6 Å². The van der Waals surface area contributed by atoms with Gasteiger partial charge in [-0.15, -0.1) is 0 Å². The minimum Gasteiger partial charge on any atom is -0.378 e. The molecule has 25 heavy (non-hydrogen) atoms. The molecule has 8 nitrogen and oxygen atoms in total. The molecular formula is C16H21N5O3S. The molecule has 0 aromatic carbocycles. The maximum Gasteiger partial charge on any atom is 0.229 e. The predicted octanol–water partition coefficient (Wildman–Crippen LogP) is 0.979. The smallest absolute Gasteiger partial charge is 0.229 e. The first-order chi connectivity index (χ1) is 11.9. The lowest BCUT2D eigenvalue weighted by Gasteiger charge is -2.29. The summed E-state index contributed by atoms with van der Waals surface area (Å²) in [5.74, 6) is 0.900. The van der Waals surface area contributed by atoms with Gasteiger partial charge in [-0.1, -0.05) is 0 Å². The van der Waals surface area contributed by atoms with Crippen LogP contribution in [0, 0.1) is 6.92 Å². The molecule has 2 aromatic rings. The fourth-order valence-electron chi connectivity index (χ4n) is 2.80. The lowest BCUT2D eigenvalue weighted by Crippen LogP contribution is -2.37. The minimum absolute atomic E-state index is 0.447. The Morgan fingerprint density at radius 3 is 2.72 bits per heavy atom. The molecule has 0 radical (unpaired) electrons. The Kier molecular flexibility index (Phi) is 5.14. The number of ether oxygens (including phenoxy) is 1. The van der Waals surface area contributed by atoms with Crippen molar-refractivity contribution < 1.29 is 13.2 Å². The van der Waals surface area contributed by atoms with Crippen molar-refractivity contribution in [3.63, 3.8) is 0 Å². The van der Waals surface area contributed by atoms with Crippen LogP contribution in [-0.2, 0) is 21.2 Å². The van der Waals surface area contributed by atoms with Gasteiger partial charge in [-0.3, -0.25) is 9.71 Å². The summed E-state index contributed by atoms with van der Waals surface area (Å²) in [5.41, 5.74) is 3.25. The molecule has 1 N–H and O–H groups in total. The zero-order valence-corrected chi connectivity index (χ0v) is 15.1. The summed E-state index contributed by atoms with van der Waals surface area (Å²) < 4.78 is 30.7. The number of aromatic nitrogens is 3. The summed E-state index contributed by atoms with van der Waals surface area (Å²) in [5, 5.41) is 0. The van der Waals surface area contributed by atoms with E-state index in [1.807, 2.05) is 6.92 Å². The normalized spacial score (nSPS) is 15.2. The molecule has 0 amide bonds. The zero-order chi connectivity index (χ0) is 17.9. The van der Waals surface area contributed by atoms with Gasteiger partial charge in [-0.25, -0.2) is 18.4 Å². The van der Waals surface area contributed by atoms with E-state index in [9.17, 15) is 8.42 Å². The van der Waals surface area contributed by atoms with E-state index >= 15 is 0 Å². The molecule has 2 aromatic heterocycles. The highest BCUT2D eigenvalue weighted by atomic mass is 32.2. The van der Waals surface area contributed by atoms with Crippen molar-refractivity contribution in [2.24, 2.45) is 0 Å². The molecule has 134 valence electrons. The highest BCUT2D eigenvalue weighted by Gasteiger charge is 2.18. The fourth-order valence-corrected chi connectivity index (χ4v) is 3.34. The maximum absolute atomic E-state index is 11.4. The molecule has 3 heterocycles. The number of pyridine rings is 1. The van der Waals surface area contributed by atoms with E-state index in [0.29, 0.717) is 25.3 Å². The number of hydrogen-bond acceptors (Lipinski definition) is 7. The standard InChI is InChI=1S/C16H21N5O3S/c1-12-15(16(19-11-18-12)21-3-5-24-6-4-21)8-13-7-14(10-17-9-13)20-25(2,22)23/h7,9-11,20H,3-6,8H2,1-2H3. The first-order valence-electron chi connectivity index (χ1n) is 7.97. The molecule has 0 bridgehead atoms. The highest BCUT2D eigenvalue weighted by Crippen LogP contribution is 2.24. The van der Waals surface area contributed by atoms with Crippen LogP contribution in [0.3, 0.4) is 0 Å². The van der Waals surface area contributed by atoms with Crippen LogP contribution in [0.2, 0.25) is 0 Å². The Balaban J connectivity index is 1.89. The van der Waals surface area contributed by atoms with Gasteiger partial charge in [0.15, 0.2) is 0 Å². The van der Waals surface area contributed by atoms with Gasteiger partial charge in [0.1, 0.15) is 12.1 Å². The second-order valence-electron chi connectivity index (χ2n) is 5.99. The lowest BCUT2D eigenvalue weighted by atomic mass is 10.0. The van der Waals surface area contributed by atoms with E-state index in [0.717, 1.165) is 42.0 Å². The van der Waals surface area contributed by atoms with E-state index in [-0.39, 0.29) is 0 Å². The largest absolute Gasteiger partial charge is 0.378 e. The van der Waals surface area contributed by atoms with Crippen LogP contribution < -0.4 is 9.62 Å². The molecule has 1 saturated heterocycles. The van der Waals surface area contributed by atoms with Gasteiger partial charge in [0.2, 0.25) is 10.0 Å². The Bertz CT molecular complexity index is 851. The van der Waals surface area contributed by atoms with Crippen molar-refractivity contribution in [2.75, 3.05) is 42.2 Å². The Labute approximate surface area is 147 Å². The number of aryl methyl sites for hydroxylation is 1. The molecule has 0 unspecified atom stereocenters. The number of sulfonamides is 1. The summed E-state index contributed by atoms with van der Waals surface area (Å²) in [4.78, 5) is 15.1. The van der Waals surface area contributed by atoms with Crippen molar-refractivity contribution in [2.45, 2.75) is 13.3 Å². The molecule has 3 rings (SSSR count). The van der Waals surface area contributed by atoms with Gasteiger partial charge in [0.05, 0.1) is 31.4 Å². The molecule has 1 aliphatic heterocycles. The number of nitrogens with one attached hydrogen (secondary N) is 1. The topological polar surface area (TPSA) is 97.3 Å². The Morgan fingerprint density at radius 1 is 1.24 bits per heavy atom. The monoisotopic (exact) mass is 363 g/mol. The molecule has 0 spiro atoms. The van der Waals surface area contributed by atoms with Crippen LogP contribution in [0.15, 0.2) is 24.8 Å². The van der Waals surface area contributed by atoms with E-state index in [4.69, 9.17) is 4.74 Å². The number of nitrogens with zero attached hydrogens (tertiary/aromatic N) is 4. The summed E-state index contributed by atoms with van der Waals surface area (Å²) in [6, 6.07) is 1.78. The summed E-state index contributed by atoms with van der Waals surface area (Å²) in [7, 11) is -3.34. The first-order valence-corrected chi connectivity index (χ1v) is 9.86. The van der Waals surface area contributed by atoms with E-state index < -0.39 is 10.0 Å². The lowest BCUT2D eigenvalue weighted by molar-refractivity contribution is 0.122. The average Bonchev–Trinajstić information content (AvgIpc) is 2.56. The number of anilines is 2. The van der Waals surface area contributed by atoms with E-state index in [1.165, 1.54) is 6.20 Å². The third-order valence-electron chi connectivity index (χ3n) is 3.93. The first kappa shape index (κ1) is 17.6. The maximum atomic E-state index is 11.4. The zero-order valence-electron chi connectivity index (χ0n) is 14.3. The van der Waals surface area contributed by atoms with E-state index in [2.05, 4.69) is 24.6 Å². The van der Waals surface area contributed by atoms with Crippen LogP contribution in [0.5, 0.6) is 0 Å². The molecule has 1 fully saturated rings. The quantitative estimate of drug-likeness (QED) is 0.845. The second kappa shape index (κ2) is 7.32. The summed E-state index contributed by atoms with van der Waals surface area (Å²) >= 11 is 0. The highest BCUT2D eigenvalue weighted by molar-refractivity contribution is 7.92. The van der Waals surface area contributed by atoms with Gasteiger partial charge in [0.25, 0.3) is 0 Å². The van der Waals surface area contributed by atoms with Crippen LogP contribution in [0.25, 0.3) is 0 Å². The molecule has 1 aliphatic rings. The minimum atomic E-state index is -3.34. The third kappa shape index (κ3) is 4.64. The van der Waals surface area contributed by atoms with Crippen LogP contribution >= 0.6 is 0 Å². The van der Waals surface area contributed by atoms with Gasteiger partial charge in [-0.2, -0.15) is 0 Å². The van der Waals surface area contributed by atoms with Crippen molar-refractivity contribution in [3.8, 4) is 0 Å². The van der Waals surface area contributed by atoms with Crippen LogP contribution in [0.1, 0.15) is 16.8 Å². The van der Waals surface area contributed by atoms with Gasteiger partial charge in [0, 0.05) is 37.0 Å². The van der Waals surface area contributed by atoms with Gasteiger partial charge >= 0.3 is 0 Å². The van der Waals surface area contributed by atoms with Gasteiger partial charge in [-0.05, 0) is 18.6 Å². The Hall–Kier alpha value is -2.26. The third-order valence-corrected chi connectivity index (χ3v) is 4.53. The summed E-state index contributed by atoms with van der Waals surface area (Å²) in [6.07, 6.45) is 6.48. The van der Waals surface area contributed by atoms with Crippen molar-refractivity contribution in [1.29, 1.82) is 0 Å². The summed E-state index contributed by atoms with van der Waals surface area (Å²) in [6.45, 7) is 4.89. The molecule has 0 saturated carbocycles. The predicted molar refractivity (Wildman–Crippen MR) is 95.3 cm³/mol. The average molecular weight is 363 g/mol. The van der Waals surface area contributed by atoms with Crippen molar-refractivity contribution in [3.05, 3.63) is 41.6 Å². The van der Waals surface area contributed by atoms with Crippen LogP contribution in [0.4, 0.5) is 11.5 Å². The fraction of sp³-hybridized carbons (Fsp3) is 0.438. The Morgan fingerprint density at radius 2 is 2.00 bits per heavy atom. The molecule has 9 heteroatoms.